The van der Waals surface area contributed by atoms with Crippen molar-refractivity contribution < 1.29 is 4.74 Å². The summed E-state index contributed by atoms with van der Waals surface area (Å²) in [6, 6.07) is 0. The molecule has 112 valence electrons. The van der Waals surface area contributed by atoms with Crippen LogP contribution in [-0.2, 0) is 4.74 Å². The average Bonchev–Trinajstić information content (AvgIpc) is 2.70. The summed E-state index contributed by atoms with van der Waals surface area (Å²) in [5, 5.41) is 3.33. The minimum absolute atomic E-state index is 0.0841. The number of H-pyrrole nitrogens is 1. The second-order valence-corrected chi connectivity index (χ2v) is 7.20. The molecule has 7 heteroatoms. The number of anilines is 2. The topological polar surface area (TPSA) is 79.0 Å². The number of rotatable bonds is 2. The van der Waals surface area contributed by atoms with Gasteiger partial charge in [0.15, 0.2) is 11.5 Å². The van der Waals surface area contributed by atoms with Gasteiger partial charge in [0, 0.05) is 18.6 Å². The van der Waals surface area contributed by atoms with Crippen LogP contribution in [-0.4, -0.2) is 51.8 Å². The van der Waals surface area contributed by atoms with Crippen molar-refractivity contribution in [3.8, 4) is 0 Å². The molecule has 0 unspecified atom stereocenters. The van der Waals surface area contributed by atoms with Gasteiger partial charge in [-0.25, -0.2) is 4.98 Å². The van der Waals surface area contributed by atoms with E-state index < -0.39 is 0 Å². The largest absolute Gasteiger partial charge is 0.380 e. The Balaban J connectivity index is 1.68. The van der Waals surface area contributed by atoms with Crippen molar-refractivity contribution in [2.24, 2.45) is 5.41 Å². The molecule has 0 radical (unpaired) electrons. The van der Waals surface area contributed by atoms with E-state index >= 15 is 0 Å². The van der Waals surface area contributed by atoms with Crippen LogP contribution in [0.25, 0.3) is 11.2 Å². The summed E-state index contributed by atoms with van der Waals surface area (Å²) >= 11 is 0. The lowest BCUT2D eigenvalue weighted by atomic mass is 9.78. The van der Waals surface area contributed by atoms with Crippen molar-refractivity contribution in [1.29, 1.82) is 0 Å². The van der Waals surface area contributed by atoms with Gasteiger partial charge >= 0.3 is 0 Å². The first kappa shape index (κ1) is 12.8. The first-order valence-corrected chi connectivity index (χ1v) is 7.26. The third-order valence-electron chi connectivity index (χ3n) is 3.92. The number of aromatic amines is 1. The highest BCUT2D eigenvalue weighted by atomic mass is 16.5. The Morgan fingerprint density at radius 3 is 2.67 bits per heavy atom. The summed E-state index contributed by atoms with van der Waals surface area (Å²) in [6.07, 6.45) is 1.67. The van der Waals surface area contributed by atoms with Crippen LogP contribution in [0.2, 0.25) is 0 Å². The number of nitrogens with one attached hydrogen (secondary N) is 2. The maximum atomic E-state index is 5.33. The Kier molecular flexibility index (Phi) is 2.48. The molecule has 2 saturated heterocycles. The molecule has 7 nitrogen and oxygen atoms in total. The van der Waals surface area contributed by atoms with Gasteiger partial charge in [-0.05, 0) is 20.8 Å². The lowest BCUT2D eigenvalue weighted by molar-refractivity contribution is -0.127. The predicted octanol–water partition coefficient (Wildman–Crippen LogP) is 1.40. The number of imidazole rings is 1. The maximum absolute atomic E-state index is 5.33. The van der Waals surface area contributed by atoms with Crippen LogP contribution < -0.4 is 10.2 Å². The van der Waals surface area contributed by atoms with Gasteiger partial charge in [0.2, 0.25) is 5.95 Å². The fraction of sp³-hybridized carbons (Fsp3) is 0.643. The number of fused-ring (bicyclic) bond motifs is 1. The lowest BCUT2D eigenvalue weighted by Gasteiger charge is -2.55. The van der Waals surface area contributed by atoms with Gasteiger partial charge in [-0.15, -0.1) is 0 Å². The molecule has 4 rings (SSSR count). The number of ether oxygens (including phenoxy) is 1. The van der Waals surface area contributed by atoms with E-state index in [1.165, 1.54) is 0 Å². The van der Waals surface area contributed by atoms with Crippen LogP contribution >= 0.6 is 0 Å². The molecule has 0 amide bonds. The van der Waals surface area contributed by atoms with Gasteiger partial charge < -0.3 is 19.9 Å². The van der Waals surface area contributed by atoms with E-state index in [-0.39, 0.29) is 5.54 Å². The molecular weight excluding hydrogens is 268 g/mol. The smallest absolute Gasteiger partial charge is 0.227 e. The molecule has 0 bridgehead atoms. The second kappa shape index (κ2) is 4.07. The fourth-order valence-electron chi connectivity index (χ4n) is 2.92. The summed E-state index contributed by atoms with van der Waals surface area (Å²) in [7, 11) is 0. The molecular formula is C14H20N6O. The molecule has 2 aromatic heterocycles. The lowest BCUT2D eigenvalue weighted by Crippen LogP contribution is -2.66. The third kappa shape index (κ3) is 2.12. The molecule has 2 aromatic rings. The Morgan fingerprint density at radius 1 is 1.29 bits per heavy atom. The minimum Gasteiger partial charge on any atom is -0.380 e. The number of hydrogen-bond acceptors (Lipinski definition) is 6. The highest BCUT2D eigenvalue weighted by Gasteiger charge is 2.50. The van der Waals surface area contributed by atoms with Crippen LogP contribution in [0.5, 0.6) is 0 Å². The van der Waals surface area contributed by atoms with Crippen LogP contribution in [0.4, 0.5) is 11.8 Å². The molecule has 0 aromatic carbocycles. The van der Waals surface area contributed by atoms with E-state index in [1.807, 2.05) is 0 Å². The summed E-state index contributed by atoms with van der Waals surface area (Å²) in [6.45, 7) is 10.0. The zero-order valence-corrected chi connectivity index (χ0v) is 12.6. The Bertz CT molecular complexity index is 676. The predicted molar refractivity (Wildman–Crippen MR) is 80.5 cm³/mol. The molecule has 2 fully saturated rings. The molecule has 2 aliphatic heterocycles. The SMILES string of the molecule is CC(C)(C)Nc1nc(N2CC3(COC3)C2)c2[nH]cnc2n1. The molecule has 2 aliphatic rings. The minimum atomic E-state index is -0.0841. The van der Waals surface area contributed by atoms with Gasteiger partial charge in [0.1, 0.15) is 5.52 Å². The van der Waals surface area contributed by atoms with E-state index in [2.05, 4.69) is 45.9 Å². The number of hydrogen-bond donors (Lipinski definition) is 2. The van der Waals surface area contributed by atoms with Gasteiger partial charge in [-0.2, -0.15) is 9.97 Å². The van der Waals surface area contributed by atoms with Gasteiger partial charge in [-0.1, -0.05) is 0 Å². The molecule has 0 atom stereocenters. The second-order valence-electron chi connectivity index (χ2n) is 7.20. The monoisotopic (exact) mass is 288 g/mol. The van der Waals surface area contributed by atoms with Crippen molar-refractivity contribution in [2.75, 3.05) is 36.5 Å². The number of aromatic nitrogens is 4. The van der Waals surface area contributed by atoms with Crippen molar-refractivity contribution in [3.05, 3.63) is 6.33 Å². The van der Waals surface area contributed by atoms with E-state index in [9.17, 15) is 0 Å². The summed E-state index contributed by atoms with van der Waals surface area (Å²) in [5.74, 6) is 1.56. The maximum Gasteiger partial charge on any atom is 0.227 e. The highest BCUT2D eigenvalue weighted by molar-refractivity contribution is 5.85. The molecule has 0 saturated carbocycles. The van der Waals surface area contributed by atoms with Crippen molar-refractivity contribution in [1.82, 2.24) is 19.9 Å². The Morgan fingerprint density at radius 2 is 2.05 bits per heavy atom. The van der Waals surface area contributed by atoms with Crippen molar-refractivity contribution in [3.63, 3.8) is 0 Å². The third-order valence-corrected chi connectivity index (χ3v) is 3.92. The normalized spacial score (nSPS) is 20.4. The first-order valence-electron chi connectivity index (χ1n) is 7.26. The summed E-state index contributed by atoms with van der Waals surface area (Å²) in [4.78, 5) is 18.9. The van der Waals surface area contributed by atoms with Crippen LogP contribution in [0.1, 0.15) is 20.8 Å². The Hall–Kier alpha value is -1.89. The fourth-order valence-corrected chi connectivity index (χ4v) is 2.92. The molecule has 4 heterocycles. The van der Waals surface area contributed by atoms with E-state index in [1.54, 1.807) is 6.33 Å². The quantitative estimate of drug-likeness (QED) is 0.869. The van der Waals surface area contributed by atoms with Crippen LogP contribution in [0.15, 0.2) is 6.33 Å². The Labute approximate surface area is 123 Å². The zero-order valence-electron chi connectivity index (χ0n) is 12.6. The molecule has 21 heavy (non-hydrogen) atoms. The van der Waals surface area contributed by atoms with E-state index in [0.717, 1.165) is 37.6 Å². The molecule has 0 aliphatic carbocycles. The van der Waals surface area contributed by atoms with Crippen molar-refractivity contribution >= 4 is 22.9 Å². The van der Waals surface area contributed by atoms with Gasteiger partial charge in [0.25, 0.3) is 0 Å². The number of nitrogens with zero attached hydrogens (tertiary/aromatic N) is 4. The standard InChI is InChI=1S/C14H20N6O/c1-13(2,3)19-12-17-10-9(15-8-16-10)11(18-12)20-4-14(5-20)6-21-7-14/h8H,4-7H2,1-3H3,(H2,15,16,17,18,19). The van der Waals surface area contributed by atoms with Gasteiger partial charge in [0.05, 0.1) is 25.0 Å². The summed E-state index contributed by atoms with van der Waals surface area (Å²) < 4.78 is 5.33. The van der Waals surface area contributed by atoms with E-state index in [0.29, 0.717) is 17.0 Å². The van der Waals surface area contributed by atoms with Crippen molar-refractivity contribution in [2.45, 2.75) is 26.3 Å². The molecule has 1 spiro atoms. The van der Waals surface area contributed by atoms with Crippen LogP contribution in [0.3, 0.4) is 0 Å². The van der Waals surface area contributed by atoms with Gasteiger partial charge in [-0.3, -0.25) is 0 Å². The van der Waals surface area contributed by atoms with E-state index in [4.69, 9.17) is 9.72 Å². The average molecular weight is 288 g/mol. The summed E-state index contributed by atoms with van der Waals surface area (Å²) in [5.41, 5.74) is 1.89. The molecule has 2 N–H and O–H groups in total. The highest BCUT2D eigenvalue weighted by Crippen LogP contribution is 2.41. The zero-order chi connectivity index (χ0) is 14.7. The van der Waals surface area contributed by atoms with Crippen LogP contribution in [0, 0.1) is 5.41 Å². The first-order chi connectivity index (χ1) is 9.94.